The van der Waals surface area contributed by atoms with Crippen molar-refractivity contribution in [2.75, 3.05) is 0 Å². The first kappa shape index (κ1) is 28.0. The van der Waals surface area contributed by atoms with Gasteiger partial charge in [-0.05, 0) is 60.6 Å². The number of alkyl halides is 3. The maximum Gasteiger partial charge on any atom is 0.422 e. The van der Waals surface area contributed by atoms with E-state index in [1.54, 1.807) is 0 Å². The Kier molecular flexibility index (Phi) is 8.68. The van der Waals surface area contributed by atoms with Crippen LogP contribution in [0.15, 0.2) is 48.5 Å². The van der Waals surface area contributed by atoms with Crippen molar-refractivity contribution in [3.63, 3.8) is 0 Å². The first-order chi connectivity index (χ1) is 18.1. The molecular formula is C30H29F7O. The average molecular weight is 539 g/mol. The van der Waals surface area contributed by atoms with Crippen LogP contribution in [-0.2, 0) is 12.6 Å². The second-order valence-electron chi connectivity index (χ2n) is 9.96. The van der Waals surface area contributed by atoms with E-state index in [1.807, 2.05) is 0 Å². The minimum Gasteiger partial charge on any atom is -0.454 e. The zero-order valence-electron chi connectivity index (χ0n) is 21.0. The highest BCUT2D eigenvalue weighted by atomic mass is 19.4. The first-order valence-electron chi connectivity index (χ1n) is 12.9. The summed E-state index contributed by atoms with van der Waals surface area (Å²) in [6, 6.07) is 9.12. The highest BCUT2D eigenvalue weighted by Crippen LogP contribution is 2.40. The second-order valence-corrected chi connectivity index (χ2v) is 9.96. The van der Waals surface area contributed by atoms with E-state index < -0.39 is 35.0 Å². The molecule has 0 heterocycles. The van der Waals surface area contributed by atoms with Gasteiger partial charge in [0.05, 0.1) is 0 Å². The van der Waals surface area contributed by atoms with Crippen LogP contribution in [0.4, 0.5) is 30.7 Å². The Morgan fingerprint density at radius 3 is 1.97 bits per heavy atom. The predicted molar refractivity (Wildman–Crippen MR) is 132 cm³/mol. The van der Waals surface area contributed by atoms with Crippen molar-refractivity contribution in [2.45, 2.75) is 64.5 Å². The van der Waals surface area contributed by atoms with Crippen molar-refractivity contribution in [3.8, 4) is 22.6 Å². The summed E-state index contributed by atoms with van der Waals surface area (Å²) in [6.45, 7) is 2.17. The fraction of sp³-hybridized carbons (Fsp3) is 0.400. The van der Waals surface area contributed by atoms with Crippen molar-refractivity contribution in [1.29, 1.82) is 0 Å². The molecule has 0 aromatic heterocycles. The van der Waals surface area contributed by atoms with Crippen LogP contribution in [0.1, 0.15) is 63.0 Å². The van der Waals surface area contributed by atoms with Crippen molar-refractivity contribution < 1.29 is 35.5 Å². The smallest absolute Gasteiger partial charge is 0.422 e. The molecule has 3 aromatic carbocycles. The van der Waals surface area contributed by atoms with Gasteiger partial charge in [-0.3, -0.25) is 0 Å². The quantitative estimate of drug-likeness (QED) is 0.259. The summed E-state index contributed by atoms with van der Waals surface area (Å²) in [6.07, 6.45) is 2.36. The number of para-hydroxylation sites is 1. The highest BCUT2D eigenvalue weighted by molar-refractivity contribution is 5.71. The molecule has 0 radical (unpaired) electrons. The molecule has 0 unspecified atom stereocenters. The zero-order chi connectivity index (χ0) is 27.4. The van der Waals surface area contributed by atoms with E-state index in [9.17, 15) is 26.3 Å². The fourth-order valence-electron chi connectivity index (χ4n) is 5.36. The molecule has 0 aliphatic heterocycles. The molecule has 0 N–H and O–H groups in total. The van der Waals surface area contributed by atoms with Crippen molar-refractivity contribution in [2.24, 2.45) is 11.8 Å². The summed E-state index contributed by atoms with van der Waals surface area (Å²) in [5, 5.41) is 0. The summed E-state index contributed by atoms with van der Waals surface area (Å²) in [5.41, 5.74) is -2.26. The van der Waals surface area contributed by atoms with Gasteiger partial charge in [-0.25, -0.2) is 17.6 Å². The lowest BCUT2D eigenvalue weighted by molar-refractivity contribution is -0.142. The lowest BCUT2D eigenvalue weighted by atomic mass is 9.78. The summed E-state index contributed by atoms with van der Waals surface area (Å²) < 4.78 is 103. The van der Waals surface area contributed by atoms with Crippen LogP contribution < -0.4 is 4.74 Å². The predicted octanol–water partition coefficient (Wildman–Crippen LogP) is 10.3. The van der Waals surface area contributed by atoms with Crippen LogP contribution in [0.3, 0.4) is 0 Å². The fourth-order valence-corrected chi connectivity index (χ4v) is 5.36. The molecule has 0 bridgehead atoms. The van der Waals surface area contributed by atoms with Crippen LogP contribution in [-0.4, -0.2) is 0 Å². The number of ether oxygens (including phenoxy) is 1. The van der Waals surface area contributed by atoms with Gasteiger partial charge in [0.25, 0.3) is 0 Å². The van der Waals surface area contributed by atoms with E-state index in [-0.39, 0.29) is 34.6 Å². The van der Waals surface area contributed by atoms with Gasteiger partial charge in [-0.15, -0.1) is 0 Å². The Hall–Kier alpha value is -3.03. The minimum atomic E-state index is -5.20. The molecule has 1 fully saturated rings. The standard InChI is InChI=1S/C30H29F7O/c1-2-5-18-8-10-19(11-9-18)12-13-22-23(31)14-15-27(29(22)34)38-26-7-4-3-6-21(26)20-16-24(32)28(25(33)17-20)30(35,36)37/h3-4,6-7,14-19H,2,5,8-13H2,1H3. The molecule has 0 saturated heterocycles. The number of benzene rings is 3. The van der Waals surface area contributed by atoms with E-state index in [0.29, 0.717) is 24.5 Å². The molecule has 4 rings (SSSR count). The van der Waals surface area contributed by atoms with E-state index in [2.05, 4.69) is 6.92 Å². The van der Waals surface area contributed by atoms with Gasteiger partial charge >= 0.3 is 6.18 Å². The largest absolute Gasteiger partial charge is 0.454 e. The molecule has 1 aliphatic rings. The third-order valence-corrected chi connectivity index (χ3v) is 7.36. The van der Waals surface area contributed by atoms with Crippen LogP contribution in [0.25, 0.3) is 11.1 Å². The molecule has 204 valence electrons. The Labute approximate surface area is 217 Å². The second kappa shape index (κ2) is 11.8. The highest BCUT2D eigenvalue weighted by Gasteiger charge is 2.38. The van der Waals surface area contributed by atoms with Gasteiger partial charge in [-0.2, -0.15) is 13.2 Å². The Morgan fingerprint density at radius 2 is 1.37 bits per heavy atom. The van der Waals surface area contributed by atoms with Gasteiger partial charge in [0.15, 0.2) is 11.6 Å². The lowest BCUT2D eigenvalue weighted by Crippen LogP contribution is -2.15. The number of hydrogen-bond acceptors (Lipinski definition) is 1. The van der Waals surface area contributed by atoms with Gasteiger partial charge in [0.1, 0.15) is 28.8 Å². The van der Waals surface area contributed by atoms with Crippen LogP contribution in [0, 0.1) is 35.1 Å². The van der Waals surface area contributed by atoms with Crippen LogP contribution in [0.2, 0.25) is 0 Å². The number of hydrogen-bond donors (Lipinski definition) is 0. The van der Waals surface area contributed by atoms with Gasteiger partial charge in [-0.1, -0.05) is 63.6 Å². The first-order valence-corrected chi connectivity index (χ1v) is 12.9. The van der Waals surface area contributed by atoms with Crippen molar-refractivity contribution >= 4 is 0 Å². The number of rotatable bonds is 8. The Morgan fingerprint density at radius 1 is 0.763 bits per heavy atom. The Balaban J connectivity index is 1.55. The molecule has 0 spiro atoms. The maximum atomic E-state index is 15.4. The van der Waals surface area contributed by atoms with Gasteiger partial charge in [0.2, 0.25) is 0 Å². The van der Waals surface area contributed by atoms with E-state index >= 15 is 4.39 Å². The molecule has 38 heavy (non-hydrogen) atoms. The van der Waals surface area contributed by atoms with Crippen molar-refractivity contribution in [3.05, 3.63) is 82.9 Å². The molecule has 1 saturated carbocycles. The lowest BCUT2D eigenvalue weighted by Gasteiger charge is -2.28. The monoisotopic (exact) mass is 538 g/mol. The van der Waals surface area contributed by atoms with Crippen LogP contribution >= 0.6 is 0 Å². The molecule has 0 amide bonds. The van der Waals surface area contributed by atoms with Gasteiger partial charge in [0, 0.05) is 11.1 Å². The Bertz CT molecular complexity index is 1240. The van der Waals surface area contributed by atoms with E-state index in [0.717, 1.165) is 50.2 Å². The summed E-state index contributed by atoms with van der Waals surface area (Å²) in [4.78, 5) is 0. The molecule has 1 nitrogen and oxygen atoms in total. The molecular weight excluding hydrogens is 509 g/mol. The van der Waals surface area contributed by atoms with E-state index in [4.69, 9.17) is 4.74 Å². The van der Waals surface area contributed by atoms with Gasteiger partial charge < -0.3 is 4.74 Å². The average Bonchev–Trinajstić information content (AvgIpc) is 2.86. The SMILES string of the molecule is CCCC1CCC(CCc2c(F)ccc(Oc3ccccc3-c3cc(F)c(C(F)(F)F)c(F)c3)c2F)CC1. The number of halogens is 7. The molecule has 8 heteroatoms. The third-order valence-electron chi connectivity index (χ3n) is 7.36. The normalized spacial score (nSPS) is 18.0. The summed E-state index contributed by atoms with van der Waals surface area (Å²) >= 11 is 0. The summed E-state index contributed by atoms with van der Waals surface area (Å²) in [5.74, 6) is -4.31. The third kappa shape index (κ3) is 6.33. The topological polar surface area (TPSA) is 9.23 Å². The molecule has 3 aromatic rings. The molecule has 0 atom stereocenters. The maximum absolute atomic E-state index is 15.4. The molecule has 1 aliphatic carbocycles. The summed E-state index contributed by atoms with van der Waals surface area (Å²) in [7, 11) is 0. The van der Waals surface area contributed by atoms with E-state index in [1.165, 1.54) is 30.7 Å². The van der Waals surface area contributed by atoms with Crippen LogP contribution in [0.5, 0.6) is 11.5 Å². The van der Waals surface area contributed by atoms with Crippen molar-refractivity contribution in [1.82, 2.24) is 0 Å². The zero-order valence-corrected chi connectivity index (χ0v) is 21.0. The minimum absolute atomic E-state index is 0.0447.